The molecular formula is C12H19NO5S. The molecule has 0 saturated carbocycles. The van der Waals surface area contributed by atoms with Crippen molar-refractivity contribution in [3.63, 3.8) is 0 Å². The van der Waals surface area contributed by atoms with E-state index in [9.17, 15) is 4.21 Å². The summed E-state index contributed by atoms with van der Waals surface area (Å²) in [6.07, 6.45) is 0.658. The molecule has 0 saturated heterocycles. The minimum absolute atomic E-state index is 0.246. The van der Waals surface area contributed by atoms with E-state index in [1.165, 1.54) is 0 Å². The Morgan fingerprint density at radius 2 is 2.11 bits per heavy atom. The van der Waals surface area contributed by atoms with Crippen molar-refractivity contribution in [3.8, 4) is 11.5 Å². The highest BCUT2D eigenvalue weighted by Crippen LogP contribution is 2.24. The van der Waals surface area contributed by atoms with Crippen LogP contribution in [0.4, 0.5) is 0 Å². The molecule has 0 fully saturated rings. The van der Waals surface area contributed by atoms with E-state index in [0.717, 1.165) is 17.1 Å². The zero-order chi connectivity index (χ0) is 14.1. The molecule has 0 aliphatic heterocycles. The van der Waals surface area contributed by atoms with Crippen LogP contribution in [0.25, 0.3) is 0 Å². The second-order valence-corrected chi connectivity index (χ2v) is 4.42. The van der Waals surface area contributed by atoms with Gasteiger partial charge < -0.3 is 14.8 Å². The Labute approximate surface area is 115 Å². The Kier molecular flexibility index (Phi) is 7.42. The van der Waals surface area contributed by atoms with E-state index in [1.807, 2.05) is 18.2 Å². The van der Waals surface area contributed by atoms with Crippen LogP contribution in [0.15, 0.2) is 18.2 Å². The lowest BCUT2D eigenvalue weighted by Gasteiger charge is -2.11. The van der Waals surface area contributed by atoms with Crippen molar-refractivity contribution in [1.29, 1.82) is 0 Å². The lowest BCUT2D eigenvalue weighted by molar-refractivity contribution is 0.299. The zero-order valence-corrected chi connectivity index (χ0v) is 11.9. The molecule has 0 radical (unpaired) electrons. The first-order valence-corrected chi connectivity index (χ1v) is 6.86. The van der Waals surface area contributed by atoms with Gasteiger partial charge in [-0.05, 0) is 19.0 Å². The molecule has 0 amide bonds. The highest BCUT2D eigenvalue weighted by atomic mass is 32.2. The van der Waals surface area contributed by atoms with Gasteiger partial charge in [0.2, 0.25) is 0 Å². The normalized spacial score (nSPS) is 12.2. The number of nitrogens with one attached hydrogen (secondary N) is 1. The van der Waals surface area contributed by atoms with Crippen LogP contribution in [0.3, 0.4) is 0 Å². The van der Waals surface area contributed by atoms with Crippen molar-refractivity contribution in [1.82, 2.24) is 5.32 Å². The smallest absolute Gasteiger partial charge is 0.301 e. The van der Waals surface area contributed by atoms with Crippen molar-refractivity contribution in [2.24, 2.45) is 0 Å². The average Bonchev–Trinajstić information content (AvgIpc) is 2.42. The monoisotopic (exact) mass is 289 g/mol. The molecule has 0 aliphatic carbocycles. The minimum atomic E-state index is -2.18. The maximum absolute atomic E-state index is 10.2. The number of ether oxygens (including phenoxy) is 2. The average molecular weight is 289 g/mol. The van der Waals surface area contributed by atoms with Gasteiger partial charge in [-0.25, -0.2) is 0 Å². The van der Waals surface area contributed by atoms with Gasteiger partial charge in [0.25, 0.3) is 0 Å². The lowest BCUT2D eigenvalue weighted by Crippen LogP contribution is -2.17. The van der Waals surface area contributed by atoms with E-state index in [2.05, 4.69) is 9.50 Å². The van der Waals surface area contributed by atoms with Gasteiger partial charge in [-0.3, -0.25) is 8.74 Å². The summed E-state index contributed by atoms with van der Waals surface area (Å²) >= 11 is -2.18. The summed E-state index contributed by atoms with van der Waals surface area (Å²) in [5, 5.41) is 3.21. The van der Waals surface area contributed by atoms with Crippen LogP contribution in [0.2, 0.25) is 0 Å². The SMILES string of the molecule is COc1ccc(CNCCCOS(=O)O)c(OC)c1. The summed E-state index contributed by atoms with van der Waals surface area (Å²) in [4.78, 5) is 0. The lowest BCUT2D eigenvalue weighted by atomic mass is 10.2. The fourth-order valence-electron chi connectivity index (χ4n) is 1.55. The van der Waals surface area contributed by atoms with Gasteiger partial charge in [0.15, 0.2) is 0 Å². The van der Waals surface area contributed by atoms with Crippen molar-refractivity contribution in [2.75, 3.05) is 27.4 Å². The third kappa shape index (κ3) is 6.02. The van der Waals surface area contributed by atoms with Gasteiger partial charge in [0.1, 0.15) is 11.5 Å². The maximum Gasteiger partial charge on any atom is 0.301 e. The fraction of sp³-hybridized carbons (Fsp3) is 0.500. The molecule has 108 valence electrons. The summed E-state index contributed by atoms with van der Waals surface area (Å²) in [6.45, 7) is 1.58. The van der Waals surface area contributed by atoms with Crippen LogP contribution in [0.1, 0.15) is 12.0 Å². The van der Waals surface area contributed by atoms with Gasteiger partial charge in [-0.2, -0.15) is 4.21 Å². The first-order valence-electron chi connectivity index (χ1n) is 5.83. The Bertz CT molecular complexity index is 413. The summed E-state index contributed by atoms with van der Waals surface area (Å²) in [7, 11) is 3.22. The molecule has 1 aromatic carbocycles. The Morgan fingerprint density at radius 1 is 1.32 bits per heavy atom. The van der Waals surface area contributed by atoms with E-state index in [-0.39, 0.29) is 6.61 Å². The predicted octanol–water partition coefficient (Wildman–Crippen LogP) is 1.34. The number of benzene rings is 1. The minimum Gasteiger partial charge on any atom is -0.497 e. The molecule has 7 heteroatoms. The van der Waals surface area contributed by atoms with Gasteiger partial charge in [0.05, 0.1) is 20.8 Å². The van der Waals surface area contributed by atoms with Gasteiger partial charge >= 0.3 is 11.4 Å². The highest BCUT2D eigenvalue weighted by molar-refractivity contribution is 7.74. The predicted molar refractivity (Wildman–Crippen MR) is 72.6 cm³/mol. The molecule has 1 unspecified atom stereocenters. The molecule has 0 aliphatic rings. The molecule has 0 aromatic heterocycles. The van der Waals surface area contributed by atoms with Crippen LogP contribution in [0, 0.1) is 0 Å². The number of rotatable bonds is 9. The van der Waals surface area contributed by atoms with Crippen LogP contribution in [-0.4, -0.2) is 36.1 Å². The molecule has 1 atom stereocenters. The molecule has 19 heavy (non-hydrogen) atoms. The van der Waals surface area contributed by atoms with Crippen molar-refractivity contribution in [2.45, 2.75) is 13.0 Å². The van der Waals surface area contributed by atoms with Gasteiger partial charge in [0, 0.05) is 18.2 Å². The van der Waals surface area contributed by atoms with Crippen molar-refractivity contribution in [3.05, 3.63) is 23.8 Å². The topological polar surface area (TPSA) is 77.0 Å². The van der Waals surface area contributed by atoms with E-state index in [0.29, 0.717) is 19.5 Å². The quantitative estimate of drug-likeness (QED) is 0.527. The highest BCUT2D eigenvalue weighted by Gasteiger charge is 2.04. The zero-order valence-electron chi connectivity index (χ0n) is 11.0. The second kappa shape index (κ2) is 8.87. The number of methoxy groups -OCH3 is 2. The van der Waals surface area contributed by atoms with Crippen LogP contribution >= 0.6 is 0 Å². The Hall–Kier alpha value is -1.15. The van der Waals surface area contributed by atoms with E-state index in [4.69, 9.17) is 14.0 Å². The summed E-state index contributed by atoms with van der Waals surface area (Å²) in [5.74, 6) is 1.51. The second-order valence-electron chi connectivity index (χ2n) is 3.75. The van der Waals surface area contributed by atoms with Crippen molar-refractivity contribution < 1.29 is 22.4 Å². The molecule has 1 aromatic rings. The molecule has 0 bridgehead atoms. The van der Waals surface area contributed by atoms with Crippen molar-refractivity contribution >= 4 is 11.4 Å². The van der Waals surface area contributed by atoms with E-state index in [1.54, 1.807) is 14.2 Å². The number of hydrogen-bond acceptors (Lipinski definition) is 5. The summed E-state index contributed by atoms with van der Waals surface area (Å²) < 4.78 is 33.6. The first-order chi connectivity index (χ1) is 9.17. The summed E-state index contributed by atoms with van der Waals surface area (Å²) in [6, 6.07) is 5.64. The number of hydrogen-bond donors (Lipinski definition) is 2. The maximum atomic E-state index is 10.2. The third-order valence-corrected chi connectivity index (χ3v) is 2.86. The molecule has 2 N–H and O–H groups in total. The molecule has 0 spiro atoms. The van der Waals surface area contributed by atoms with Gasteiger partial charge in [-0.1, -0.05) is 6.07 Å². The van der Waals surface area contributed by atoms with E-state index < -0.39 is 11.4 Å². The molecule has 1 rings (SSSR count). The molecule has 0 heterocycles. The Morgan fingerprint density at radius 3 is 2.74 bits per heavy atom. The molecule has 6 nitrogen and oxygen atoms in total. The van der Waals surface area contributed by atoms with E-state index >= 15 is 0 Å². The first kappa shape index (κ1) is 15.9. The fourth-order valence-corrected chi connectivity index (χ4v) is 1.81. The largest absolute Gasteiger partial charge is 0.497 e. The Balaban J connectivity index is 2.34. The standard InChI is InChI=1S/C12H19NO5S/c1-16-11-5-4-10(12(8-11)17-2)9-13-6-3-7-18-19(14)15/h4-5,8,13H,3,6-7,9H2,1-2H3,(H,14,15). The van der Waals surface area contributed by atoms with Crippen LogP contribution < -0.4 is 14.8 Å². The summed E-state index contributed by atoms with van der Waals surface area (Å²) in [5.41, 5.74) is 1.02. The molecular weight excluding hydrogens is 270 g/mol. The third-order valence-electron chi connectivity index (χ3n) is 2.49. The van der Waals surface area contributed by atoms with Gasteiger partial charge in [-0.15, -0.1) is 0 Å². The van der Waals surface area contributed by atoms with Crippen LogP contribution in [-0.2, 0) is 22.1 Å². The van der Waals surface area contributed by atoms with Crippen LogP contribution in [0.5, 0.6) is 11.5 Å².